The van der Waals surface area contributed by atoms with Crippen molar-refractivity contribution in [3.63, 3.8) is 0 Å². The first-order valence-electron chi connectivity index (χ1n) is 7.04. The summed E-state index contributed by atoms with van der Waals surface area (Å²) in [6.45, 7) is 7.24. The molecule has 0 bridgehead atoms. The molecular formula is C14H21N5O. The highest BCUT2D eigenvalue weighted by Gasteiger charge is 2.35. The molecule has 0 saturated carbocycles. The van der Waals surface area contributed by atoms with Gasteiger partial charge < -0.3 is 4.90 Å². The van der Waals surface area contributed by atoms with E-state index in [4.69, 9.17) is 4.84 Å². The van der Waals surface area contributed by atoms with Crippen LogP contribution in [0.3, 0.4) is 0 Å². The van der Waals surface area contributed by atoms with Crippen LogP contribution in [0.2, 0.25) is 0 Å². The summed E-state index contributed by atoms with van der Waals surface area (Å²) >= 11 is 0. The molecule has 0 aromatic heterocycles. The van der Waals surface area contributed by atoms with Crippen LogP contribution in [0.1, 0.15) is 33.6 Å². The lowest BCUT2D eigenvalue weighted by Crippen LogP contribution is -2.40. The highest BCUT2D eigenvalue weighted by molar-refractivity contribution is 5.31. The fraction of sp³-hybridized carbons (Fsp3) is 0.571. The third kappa shape index (κ3) is 2.00. The molecule has 0 N–H and O–H groups in total. The second-order valence-corrected chi connectivity index (χ2v) is 5.44. The van der Waals surface area contributed by atoms with Gasteiger partial charge in [-0.15, -0.1) is 10.2 Å². The van der Waals surface area contributed by atoms with E-state index in [0.717, 1.165) is 30.2 Å². The second-order valence-electron chi connectivity index (χ2n) is 5.44. The number of nitrogens with zero attached hydrogens (tertiary/aromatic N) is 5. The van der Waals surface area contributed by atoms with Gasteiger partial charge in [-0.05, 0) is 20.3 Å². The first kappa shape index (κ1) is 13.2. The summed E-state index contributed by atoms with van der Waals surface area (Å²) in [5, 5.41) is 10.5. The average Bonchev–Trinajstić information content (AvgIpc) is 2.88. The Balaban J connectivity index is 1.98. The quantitative estimate of drug-likeness (QED) is 0.794. The highest BCUT2D eigenvalue weighted by atomic mass is 16.7. The molecule has 1 unspecified atom stereocenters. The van der Waals surface area contributed by atoms with Crippen molar-refractivity contribution in [3.8, 4) is 0 Å². The number of allylic oxidation sites excluding steroid dienone is 1. The van der Waals surface area contributed by atoms with Crippen LogP contribution in [0, 0.1) is 0 Å². The molecule has 0 saturated heterocycles. The van der Waals surface area contributed by atoms with Gasteiger partial charge in [0.1, 0.15) is 18.2 Å². The third-order valence-electron chi connectivity index (χ3n) is 3.95. The molecule has 0 spiro atoms. The maximum absolute atomic E-state index is 5.28. The van der Waals surface area contributed by atoms with E-state index < -0.39 is 0 Å². The van der Waals surface area contributed by atoms with Gasteiger partial charge in [0.05, 0.1) is 13.3 Å². The number of rotatable bonds is 3. The Morgan fingerprint density at radius 1 is 1.35 bits per heavy atom. The summed E-state index contributed by atoms with van der Waals surface area (Å²) in [7, 11) is 1.67. The van der Waals surface area contributed by atoms with E-state index in [1.54, 1.807) is 12.2 Å². The minimum atomic E-state index is 0.432. The lowest BCUT2D eigenvalue weighted by Gasteiger charge is -2.40. The number of azo groups is 1. The van der Waals surface area contributed by atoms with Gasteiger partial charge in [-0.2, -0.15) is 0 Å². The van der Waals surface area contributed by atoms with E-state index >= 15 is 0 Å². The number of hydrogen-bond donors (Lipinski definition) is 0. The molecule has 6 heteroatoms. The van der Waals surface area contributed by atoms with Gasteiger partial charge in [-0.1, -0.05) is 12.5 Å². The maximum atomic E-state index is 5.28. The summed E-state index contributed by atoms with van der Waals surface area (Å²) < 4.78 is 0. The summed E-state index contributed by atoms with van der Waals surface area (Å²) in [6.07, 6.45) is 6.06. The van der Waals surface area contributed by atoms with Crippen LogP contribution in [-0.2, 0) is 4.84 Å². The molecule has 0 radical (unpaired) electrons. The van der Waals surface area contributed by atoms with E-state index in [2.05, 4.69) is 47.0 Å². The molecule has 1 atom stereocenters. The summed E-state index contributed by atoms with van der Waals surface area (Å²) in [4.78, 5) is 9.77. The molecule has 0 amide bonds. The third-order valence-corrected chi connectivity index (χ3v) is 3.95. The first-order valence-corrected chi connectivity index (χ1v) is 7.04. The molecule has 20 heavy (non-hydrogen) atoms. The minimum Gasteiger partial charge on any atom is -0.330 e. The monoisotopic (exact) mass is 275 g/mol. The Kier molecular flexibility index (Phi) is 3.25. The molecule has 0 aliphatic carbocycles. The molecule has 3 aliphatic rings. The van der Waals surface area contributed by atoms with E-state index in [-0.39, 0.29) is 0 Å². The molecule has 0 aromatic carbocycles. The molecule has 3 heterocycles. The minimum absolute atomic E-state index is 0.432. The van der Waals surface area contributed by atoms with Crippen LogP contribution in [0.5, 0.6) is 0 Å². The Labute approximate surface area is 119 Å². The molecule has 0 aromatic rings. The van der Waals surface area contributed by atoms with Gasteiger partial charge in [0.15, 0.2) is 5.82 Å². The summed E-state index contributed by atoms with van der Waals surface area (Å²) in [6, 6.07) is 0.432. The number of fused-ring (bicyclic) bond motifs is 2. The van der Waals surface area contributed by atoms with E-state index in [0.29, 0.717) is 12.7 Å². The molecule has 108 valence electrons. The standard InChI is InChI=1S/C14H21N5O/c1-5-11(3)18-7-10(2)6-12-14(18)19-9-17(20-4)8-13(19)16-15-12/h7-8,11H,5-6,9H2,1-4H3. The van der Waals surface area contributed by atoms with Crippen molar-refractivity contribution in [3.05, 3.63) is 35.3 Å². The lowest BCUT2D eigenvalue weighted by molar-refractivity contribution is -0.0973. The lowest BCUT2D eigenvalue weighted by atomic mass is 10.1. The Bertz CT molecular complexity index is 534. The Morgan fingerprint density at radius 2 is 2.15 bits per heavy atom. The van der Waals surface area contributed by atoms with Gasteiger partial charge in [-0.3, -0.25) is 9.74 Å². The fourth-order valence-electron chi connectivity index (χ4n) is 2.67. The van der Waals surface area contributed by atoms with Crippen LogP contribution < -0.4 is 0 Å². The van der Waals surface area contributed by atoms with Crippen molar-refractivity contribution in [1.29, 1.82) is 0 Å². The maximum Gasteiger partial charge on any atom is 0.176 e. The average molecular weight is 275 g/mol. The van der Waals surface area contributed by atoms with Crippen LogP contribution >= 0.6 is 0 Å². The Hall–Kier alpha value is -1.82. The van der Waals surface area contributed by atoms with Crippen molar-refractivity contribution in [2.24, 2.45) is 10.2 Å². The molecule has 6 nitrogen and oxygen atoms in total. The molecule has 0 fully saturated rings. The van der Waals surface area contributed by atoms with E-state index in [9.17, 15) is 0 Å². The summed E-state index contributed by atoms with van der Waals surface area (Å²) in [5.74, 6) is 1.98. The zero-order chi connectivity index (χ0) is 14.3. The van der Waals surface area contributed by atoms with Crippen molar-refractivity contribution < 1.29 is 4.84 Å². The normalized spacial score (nSPS) is 22.7. The predicted molar refractivity (Wildman–Crippen MR) is 75.5 cm³/mol. The predicted octanol–water partition coefficient (Wildman–Crippen LogP) is 2.96. The van der Waals surface area contributed by atoms with Crippen LogP contribution in [0.25, 0.3) is 0 Å². The van der Waals surface area contributed by atoms with Crippen LogP contribution in [-0.4, -0.2) is 34.7 Å². The van der Waals surface area contributed by atoms with Crippen molar-refractivity contribution in [2.75, 3.05) is 13.8 Å². The Morgan fingerprint density at radius 3 is 2.85 bits per heavy atom. The van der Waals surface area contributed by atoms with E-state index in [1.165, 1.54) is 5.57 Å². The van der Waals surface area contributed by atoms with Gasteiger partial charge in [0.25, 0.3) is 0 Å². The van der Waals surface area contributed by atoms with Gasteiger partial charge in [0, 0.05) is 18.7 Å². The largest absolute Gasteiger partial charge is 0.330 e. The van der Waals surface area contributed by atoms with Crippen LogP contribution in [0.15, 0.2) is 45.5 Å². The van der Waals surface area contributed by atoms with Crippen LogP contribution in [0.4, 0.5) is 0 Å². The SMILES string of the molecule is CCC(C)N1C=C(C)CC2=C1N1CN(OC)C=C1N=N2. The fourth-order valence-corrected chi connectivity index (χ4v) is 2.67. The molecule has 3 rings (SSSR count). The zero-order valence-corrected chi connectivity index (χ0v) is 12.5. The smallest absolute Gasteiger partial charge is 0.176 e. The van der Waals surface area contributed by atoms with Gasteiger partial charge in [-0.25, -0.2) is 5.06 Å². The second kappa shape index (κ2) is 4.94. The molecular weight excluding hydrogens is 254 g/mol. The highest BCUT2D eigenvalue weighted by Crippen LogP contribution is 2.38. The first-order chi connectivity index (χ1) is 9.63. The van der Waals surface area contributed by atoms with Crippen molar-refractivity contribution in [2.45, 2.75) is 39.7 Å². The van der Waals surface area contributed by atoms with E-state index in [1.807, 2.05) is 6.20 Å². The topological polar surface area (TPSA) is 43.7 Å². The van der Waals surface area contributed by atoms with Crippen molar-refractivity contribution in [1.82, 2.24) is 14.9 Å². The summed E-state index contributed by atoms with van der Waals surface area (Å²) in [5.41, 5.74) is 2.36. The van der Waals surface area contributed by atoms with Crippen molar-refractivity contribution >= 4 is 0 Å². The van der Waals surface area contributed by atoms with Gasteiger partial charge in [0.2, 0.25) is 0 Å². The number of hydrogen-bond acceptors (Lipinski definition) is 6. The number of hydroxylamine groups is 2. The molecule has 3 aliphatic heterocycles. The van der Waals surface area contributed by atoms with Gasteiger partial charge >= 0.3 is 0 Å². The zero-order valence-electron chi connectivity index (χ0n) is 12.5.